The van der Waals surface area contributed by atoms with Crippen molar-refractivity contribution in [1.29, 1.82) is 0 Å². The van der Waals surface area contributed by atoms with Crippen LogP contribution in [-0.4, -0.2) is 29.8 Å². The van der Waals surface area contributed by atoms with Crippen LogP contribution in [-0.2, 0) is 0 Å². The van der Waals surface area contributed by atoms with Gasteiger partial charge >= 0.3 is 6.18 Å². The molecule has 1 aromatic heterocycles. The summed E-state index contributed by atoms with van der Waals surface area (Å²) in [4.78, 5) is 11.3. The zero-order valence-electron chi connectivity index (χ0n) is 7.71. The van der Waals surface area contributed by atoms with Gasteiger partial charge in [-0.3, -0.25) is 4.79 Å². The van der Waals surface area contributed by atoms with Gasteiger partial charge in [-0.05, 0) is 22.0 Å². The first kappa shape index (κ1) is 13.0. The van der Waals surface area contributed by atoms with Gasteiger partial charge in [0, 0.05) is 0 Å². The second-order valence-electron chi connectivity index (χ2n) is 2.88. The van der Waals surface area contributed by atoms with Crippen molar-refractivity contribution < 1.29 is 27.5 Å². The lowest BCUT2D eigenvalue weighted by Crippen LogP contribution is -2.40. The predicted molar refractivity (Wildman–Crippen MR) is 50.8 cm³/mol. The number of hydrogen-bond donors (Lipinski definition) is 2. The lowest BCUT2D eigenvalue weighted by atomic mass is 10.3. The first-order valence-corrected chi connectivity index (χ1v) is 4.87. The molecule has 0 radical (unpaired) electrons. The van der Waals surface area contributed by atoms with E-state index in [-0.39, 0.29) is 10.2 Å². The van der Waals surface area contributed by atoms with Crippen LogP contribution >= 0.6 is 15.9 Å². The molecule has 4 nitrogen and oxygen atoms in total. The second kappa shape index (κ2) is 4.88. The van der Waals surface area contributed by atoms with Gasteiger partial charge in [-0.1, -0.05) is 0 Å². The van der Waals surface area contributed by atoms with Crippen molar-refractivity contribution in [2.45, 2.75) is 12.3 Å². The maximum atomic E-state index is 11.9. The molecular weight excluding hydrogens is 295 g/mol. The smallest absolute Gasteiger partial charge is 0.416 e. The van der Waals surface area contributed by atoms with E-state index in [2.05, 4.69) is 15.9 Å². The number of aliphatic hydroxyl groups excluding tert-OH is 1. The highest BCUT2D eigenvalue weighted by Gasteiger charge is 2.38. The third kappa shape index (κ3) is 3.24. The lowest BCUT2D eigenvalue weighted by molar-refractivity contribution is -0.201. The van der Waals surface area contributed by atoms with Crippen LogP contribution in [0.3, 0.4) is 0 Å². The number of rotatable bonds is 3. The number of carbonyl (C=O) groups excluding carboxylic acids is 1. The summed E-state index contributed by atoms with van der Waals surface area (Å²) >= 11 is 2.90. The van der Waals surface area contributed by atoms with E-state index in [4.69, 9.17) is 9.52 Å². The lowest BCUT2D eigenvalue weighted by Gasteiger charge is -2.14. The molecule has 1 aromatic rings. The molecule has 0 spiro atoms. The van der Waals surface area contributed by atoms with E-state index < -0.39 is 24.7 Å². The van der Waals surface area contributed by atoms with Crippen molar-refractivity contribution in [2.75, 3.05) is 6.54 Å². The van der Waals surface area contributed by atoms with Crippen LogP contribution in [0.1, 0.15) is 10.4 Å². The highest BCUT2D eigenvalue weighted by Crippen LogP contribution is 2.20. The van der Waals surface area contributed by atoms with Crippen LogP contribution < -0.4 is 5.32 Å². The molecule has 2 N–H and O–H groups in total. The summed E-state index contributed by atoms with van der Waals surface area (Å²) in [5, 5.41) is 10.6. The second-order valence-corrected chi connectivity index (χ2v) is 3.60. The number of nitrogens with one attached hydrogen (secondary N) is 1. The maximum absolute atomic E-state index is 11.9. The van der Waals surface area contributed by atoms with Gasteiger partial charge < -0.3 is 14.8 Å². The molecule has 0 aromatic carbocycles. The third-order valence-electron chi connectivity index (χ3n) is 1.70. The molecule has 0 bridgehead atoms. The average Bonchev–Trinajstić information content (AvgIpc) is 2.58. The van der Waals surface area contributed by atoms with Gasteiger partial charge in [0.2, 0.25) is 0 Å². The topological polar surface area (TPSA) is 62.5 Å². The summed E-state index contributed by atoms with van der Waals surface area (Å²) in [6, 6.07) is 1.29. The highest BCUT2D eigenvalue weighted by atomic mass is 79.9. The largest absolute Gasteiger partial charge is 0.457 e. The maximum Gasteiger partial charge on any atom is 0.416 e. The standard InChI is InChI=1S/C8H7BrF3NO3/c9-6-4(1-2-16-6)7(15)13-3-5(14)8(10,11)12/h1-2,5,14H,3H2,(H,13,15). The van der Waals surface area contributed by atoms with Crippen LogP contribution in [0.2, 0.25) is 0 Å². The Morgan fingerprint density at radius 3 is 2.69 bits per heavy atom. The van der Waals surface area contributed by atoms with Crippen LogP contribution in [0.4, 0.5) is 13.2 Å². The fraction of sp³-hybridized carbons (Fsp3) is 0.375. The molecule has 1 atom stereocenters. The van der Waals surface area contributed by atoms with Gasteiger partial charge in [0.25, 0.3) is 5.91 Å². The third-order valence-corrected chi connectivity index (χ3v) is 2.31. The van der Waals surface area contributed by atoms with Gasteiger partial charge in [0.15, 0.2) is 10.8 Å². The minimum absolute atomic E-state index is 0.0642. The molecule has 90 valence electrons. The molecule has 0 saturated heterocycles. The minimum Gasteiger partial charge on any atom is -0.457 e. The summed E-state index contributed by atoms with van der Waals surface area (Å²) in [5.74, 6) is -0.760. The van der Waals surface area contributed by atoms with Crippen molar-refractivity contribution in [3.05, 3.63) is 22.6 Å². The number of hydrogen-bond acceptors (Lipinski definition) is 3. The molecule has 16 heavy (non-hydrogen) atoms. The molecule has 1 unspecified atom stereocenters. The van der Waals surface area contributed by atoms with E-state index in [1.807, 2.05) is 5.32 Å². The fourth-order valence-electron chi connectivity index (χ4n) is 0.856. The number of furan rings is 1. The highest BCUT2D eigenvalue weighted by molar-refractivity contribution is 9.10. The zero-order valence-corrected chi connectivity index (χ0v) is 9.30. The number of carbonyl (C=O) groups is 1. The van der Waals surface area contributed by atoms with E-state index in [9.17, 15) is 18.0 Å². The van der Waals surface area contributed by atoms with E-state index in [1.54, 1.807) is 0 Å². The molecule has 1 amide bonds. The van der Waals surface area contributed by atoms with Gasteiger partial charge in [0.1, 0.15) is 0 Å². The Bertz CT molecular complexity index is 377. The molecule has 0 aliphatic heterocycles. The zero-order chi connectivity index (χ0) is 12.3. The van der Waals surface area contributed by atoms with Crippen molar-refractivity contribution >= 4 is 21.8 Å². The first-order valence-electron chi connectivity index (χ1n) is 4.08. The molecule has 0 aliphatic carbocycles. The number of amides is 1. The number of alkyl halides is 3. The molecule has 8 heteroatoms. The Kier molecular flexibility index (Phi) is 3.98. The van der Waals surface area contributed by atoms with Crippen molar-refractivity contribution in [1.82, 2.24) is 5.32 Å². The van der Waals surface area contributed by atoms with E-state index >= 15 is 0 Å². The van der Waals surface area contributed by atoms with Crippen molar-refractivity contribution in [3.8, 4) is 0 Å². The Morgan fingerprint density at radius 1 is 1.62 bits per heavy atom. The Hall–Kier alpha value is -1.02. The quantitative estimate of drug-likeness (QED) is 0.893. The van der Waals surface area contributed by atoms with Crippen LogP contribution in [0.15, 0.2) is 21.4 Å². The summed E-state index contributed by atoms with van der Waals surface area (Å²) in [6.45, 7) is -0.903. The number of halogens is 4. The van der Waals surface area contributed by atoms with Crippen LogP contribution in [0.25, 0.3) is 0 Å². The first-order chi connectivity index (χ1) is 7.32. The fourth-order valence-corrected chi connectivity index (χ4v) is 1.28. The molecule has 1 heterocycles. The van der Waals surface area contributed by atoms with E-state index in [0.717, 1.165) is 0 Å². The van der Waals surface area contributed by atoms with Crippen molar-refractivity contribution in [3.63, 3.8) is 0 Å². The molecule has 0 saturated carbocycles. The normalized spacial score (nSPS) is 13.6. The van der Waals surface area contributed by atoms with Gasteiger partial charge in [-0.15, -0.1) is 0 Å². The Balaban J connectivity index is 2.52. The summed E-state index contributed by atoms with van der Waals surface area (Å²) in [6.07, 6.45) is -6.12. The summed E-state index contributed by atoms with van der Waals surface area (Å²) < 4.78 is 40.5. The van der Waals surface area contributed by atoms with Gasteiger partial charge in [-0.2, -0.15) is 13.2 Å². The predicted octanol–water partition coefficient (Wildman–Crippen LogP) is 1.70. The van der Waals surface area contributed by atoms with Gasteiger partial charge in [0.05, 0.1) is 18.4 Å². The van der Waals surface area contributed by atoms with Crippen LogP contribution in [0.5, 0.6) is 0 Å². The van der Waals surface area contributed by atoms with Crippen LogP contribution in [0, 0.1) is 0 Å². The monoisotopic (exact) mass is 301 g/mol. The number of aliphatic hydroxyl groups is 1. The SMILES string of the molecule is O=C(NCC(O)C(F)(F)F)c1ccoc1Br. The molecular formula is C8H7BrF3NO3. The van der Waals surface area contributed by atoms with E-state index in [0.29, 0.717) is 0 Å². The summed E-state index contributed by atoms with van der Waals surface area (Å²) in [7, 11) is 0. The molecule has 0 fully saturated rings. The van der Waals surface area contributed by atoms with Gasteiger partial charge in [-0.25, -0.2) is 0 Å². The van der Waals surface area contributed by atoms with E-state index in [1.165, 1.54) is 12.3 Å². The minimum atomic E-state index is -4.75. The summed E-state index contributed by atoms with van der Waals surface area (Å²) in [5.41, 5.74) is 0.0642. The average molecular weight is 302 g/mol. The molecule has 0 aliphatic rings. The molecule has 1 rings (SSSR count). The Labute approximate surface area is 96.6 Å². The Morgan fingerprint density at radius 2 is 2.25 bits per heavy atom. The van der Waals surface area contributed by atoms with Crippen molar-refractivity contribution in [2.24, 2.45) is 0 Å².